The Labute approximate surface area is 126 Å². The summed E-state index contributed by atoms with van der Waals surface area (Å²) in [6.07, 6.45) is 0.619. The predicted octanol–water partition coefficient (Wildman–Crippen LogP) is 2.89. The van der Waals surface area contributed by atoms with Gasteiger partial charge < -0.3 is 10.4 Å². The van der Waals surface area contributed by atoms with Gasteiger partial charge in [0.1, 0.15) is 10.8 Å². The molecule has 2 aromatic rings. The number of aromatic nitrogens is 1. The first-order chi connectivity index (χ1) is 9.95. The average molecular weight is 308 g/mol. The van der Waals surface area contributed by atoms with Gasteiger partial charge in [-0.3, -0.25) is 4.79 Å². The molecule has 1 heterocycles. The van der Waals surface area contributed by atoms with E-state index in [0.29, 0.717) is 5.56 Å². The lowest BCUT2D eigenvalue weighted by Crippen LogP contribution is -2.27. The lowest BCUT2D eigenvalue weighted by atomic mass is 10.1. The standard InChI is InChI=1S/C15H17FN2O2S/c1-9-8-17-15(21-9)10(2)18-14(20)7-13(19)11-4-3-5-12(16)6-11/h3-6,8,10,13,19H,7H2,1-2H3,(H,18,20). The fraction of sp³-hybridized carbons (Fsp3) is 0.333. The third-order valence-corrected chi connectivity index (χ3v) is 4.09. The summed E-state index contributed by atoms with van der Waals surface area (Å²) in [5.74, 6) is -0.731. The molecule has 0 aliphatic heterocycles. The van der Waals surface area contributed by atoms with Gasteiger partial charge in [-0.15, -0.1) is 11.3 Å². The Kier molecular flexibility index (Phi) is 5.03. The van der Waals surface area contributed by atoms with Crippen LogP contribution in [-0.4, -0.2) is 16.0 Å². The number of rotatable bonds is 5. The summed E-state index contributed by atoms with van der Waals surface area (Å²) < 4.78 is 13.1. The van der Waals surface area contributed by atoms with E-state index in [0.717, 1.165) is 9.88 Å². The van der Waals surface area contributed by atoms with Gasteiger partial charge in [0.25, 0.3) is 0 Å². The fourth-order valence-electron chi connectivity index (χ4n) is 1.94. The van der Waals surface area contributed by atoms with E-state index in [9.17, 15) is 14.3 Å². The molecule has 0 spiro atoms. The molecule has 2 rings (SSSR count). The third kappa shape index (κ3) is 4.34. The molecule has 0 bridgehead atoms. The van der Waals surface area contributed by atoms with Gasteiger partial charge in [0.15, 0.2) is 0 Å². The Hall–Kier alpha value is -1.79. The monoisotopic (exact) mass is 308 g/mol. The molecular weight excluding hydrogens is 291 g/mol. The van der Waals surface area contributed by atoms with E-state index in [1.165, 1.54) is 29.5 Å². The molecule has 21 heavy (non-hydrogen) atoms. The highest BCUT2D eigenvalue weighted by Gasteiger charge is 2.17. The predicted molar refractivity (Wildman–Crippen MR) is 79.4 cm³/mol. The summed E-state index contributed by atoms with van der Waals surface area (Å²) in [7, 11) is 0. The van der Waals surface area contributed by atoms with Crippen molar-refractivity contribution in [2.45, 2.75) is 32.4 Å². The van der Waals surface area contributed by atoms with Crippen molar-refractivity contribution in [1.82, 2.24) is 10.3 Å². The second-order valence-electron chi connectivity index (χ2n) is 4.87. The topological polar surface area (TPSA) is 62.2 Å². The second-order valence-corrected chi connectivity index (χ2v) is 6.14. The summed E-state index contributed by atoms with van der Waals surface area (Å²) in [4.78, 5) is 17.2. The van der Waals surface area contributed by atoms with E-state index in [1.807, 2.05) is 13.8 Å². The number of nitrogens with one attached hydrogen (secondary N) is 1. The molecule has 0 radical (unpaired) electrons. The van der Waals surface area contributed by atoms with Gasteiger partial charge >= 0.3 is 0 Å². The summed E-state index contributed by atoms with van der Waals surface area (Å²) >= 11 is 1.52. The SMILES string of the molecule is Cc1cnc(C(C)NC(=O)CC(O)c2cccc(F)c2)s1. The zero-order chi connectivity index (χ0) is 15.4. The molecule has 1 aromatic heterocycles. The number of carbonyl (C=O) groups is 1. The average Bonchev–Trinajstić information content (AvgIpc) is 2.85. The number of benzene rings is 1. The first-order valence-corrected chi connectivity index (χ1v) is 7.42. The lowest BCUT2D eigenvalue weighted by Gasteiger charge is -2.14. The van der Waals surface area contributed by atoms with Gasteiger partial charge in [-0.05, 0) is 31.5 Å². The van der Waals surface area contributed by atoms with Crippen LogP contribution in [0.15, 0.2) is 30.5 Å². The Bertz CT molecular complexity index is 630. The number of nitrogens with zero attached hydrogens (tertiary/aromatic N) is 1. The fourth-order valence-corrected chi connectivity index (χ4v) is 2.72. The number of hydrogen-bond acceptors (Lipinski definition) is 4. The summed E-state index contributed by atoms with van der Waals surface area (Å²) in [5, 5.41) is 13.6. The van der Waals surface area contributed by atoms with E-state index < -0.39 is 11.9 Å². The lowest BCUT2D eigenvalue weighted by molar-refractivity contribution is -0.123. The van der Waals surface area contributed by atoms with E-state index in [1.54, 1.807) is 12.3 Å². The van der Waals surface area contributed by atoms with E-state index in [2.05, 4.69) is 10.3 Å². The number of thiazole rings is 1. The summed E-state index contributed by atoms with van der Waals surface area (Å²) in [5.41, 5.74) is 0.392. The van der Waals surface area contributed by atoms with Gasteiger partial charge in [0, 0.05) is 11.1 Å². The minimum atomic E-state index is -1.02. The molecule has 2 atom stereocenters. The van der Waals surface area contributed by atoms with Gasteiger partial charge in [-0.25, -0.2) is 9.37 Å². The van der Waals surface area contributed by atoms with Crippen LogP contribution in [0.25, 0.3) is 0 Å². The van der Waals surface area contributed by atoms with Gasteiger partial charge in [-0.2, -0.15) is 0 Å². The van der Waals surface area contributed by atoms with E-state index >= 15 is 0 Å². The molecule has 0 aliphatic carbocycles. The Morgan fingerprint density at radius 1 is 1.52 bits per heavy atom. The molecule has 4 nitrogen and oxygen atoms in total. The number of amides is 1. The van der Waals surface area contributed by atoms with Crippen molar-refractivity contribution in [3.63, 3.8) is 0 Å². The molecule has 112 valence electrons. The maximum Gasteiger partial charge on any atom is 0.223 e. The zero-order valence-corrected chi connectivity index (χ0v) is 12.7. The largest absolute Gasteiger partial charge is 0.388 e. The van der Waals surface area contributed by atoms with E-state index in [4.69, 9.17) is 0 Å². The number of aliphatic hydroxyl groups is 1. The highest BCUT2D eigenvalue weighted by molar-refractivity contribution is 7.11. The molecule has 0 aliphatic rings. The zero-order valence-electron chi connectivity index (χ0n) is 11.8. The van der Waals surface area contributed by atoms with Crippen LogP contribution in [0.2, 0.25) is 0 Å². The summed E-state index contributed by atoms with van der Waals surface area (Å²) in [6, 6.07) is 5.41. The normalized spacial score (nSPS) is 13.7. The molecule has 6 heteroatoms. The quantitative estimate of drug-likeness (QED) is 0.893. The molecular formula is C15H17FN2O2S. The van der Waals surface area contributed by atoms with E-state index in [-0.39, 0.29) is 18.4 Å². The summed E-state index contributed by atoms with van der Waals surface area (Å²) in [6.45, 7) is 3.79. The number of hydrogen-bond donors (Lipinski definition) is 2. The molecule has 0 fully saturated rings. The van der Waals surface area contributed by atoms with Crippen molar-refractivity contribution >= 4 is 17.2 Å². The first kappa shape index (κ1) is 15.6. The maximum absolute atomic E-state index is 13.1. The Balaban J connectivity index is 1.92. The number of halogens is 1. The van der Waals surface area contributed by atoms with Crippen LogP contribution >= 0.6 is 11.3 Å². The van der Waals surface area contributed by atoms with Crippen LogP contribution < -0.4 is 5.32 Å². The number of carbonyl (C=O) groups excluding carboxylic acids is 1. The third-order valence-electron chi connectivity index (χ3n) is 3.00. The minimum Gasteiger partial charge on any atom is -0.388 e. The van der Waals surface area contributed by atoms with Crippen LogP contribution in [0.4, 0.5) is 4.39 Å². The molecule has 1 aromatic carbocycles. The van der Waals surface area contributed by atoms with Gasteiger partial charge in [0.2, 0.25) is 5.91 Å². The van der Waals surface area contributed by atoms with Crippen LogP contribution in [0.1, 0.15) is 40.9 Å². The highest BCUT2D eigenvalue weighted by atomic mass is 32.1. The van der Waals surface area contributed by atoms with Crippen LogP contribution in [0, 0.1) is 12.7 Å². The molecule has 1 amide bonds. The van der Waals surface area contributed by atoms with Crippen molar-refractivity contribution in [2.75, 3.05) is 0 Å². The van der Waals surface area contributed by atoms with Crippen LogP contribution in [0.5, 0.6) is 0 Å². The van der Waals surface area contributed by atoms with Crippen molar-refractivity contribution in [3.05, 3.63) is 51.7 Å². The van der Waals surface area contributed by atoms with Crippen molar-refractivity contribution in [1.29, 1.82) is 0 Å². The number of aliphatic hydroxyl groups excluding tert-OH is 1. The van der Waals surface area contributed by atoms with Crippen molar-refractivity contribution < 1.29 is 14.3 Å². The Morgan fingerprint density at radius 3 is 2.90 bits per heavy atom. The minimum absolute atomic E-state index is 0.113. The smallest absolute Gasteiger partial charge is 0.223 e. The maximum atomic E-state index is 13.1. The molecule has 0 saturated heterocycles. The van der Waals surface area contributed by atoms with Crippen molar-refractivity contribution in [3.8, 4) is 0 Å². The molecule has 0 saturated carbocycles. The molecule has 2 unspecified atom stereocenters. The van der Waals surface area contributed by atoms with Crippen molar-refractivity contribution in [2.24, 2.45) is 0 Å². The van der Waals surface area contributed by atoms with Crippen LogP contribution in [0.3, 0.4) is 0 Å². The molecule has 2 N–H and O–H groups in total. The van der Waals surface area contributed by atoms with Crippen LogP contribution in [-0.2, 0) is 4.79 Å². The first-order valence-electron chi connectivity index (χ1n) is 6.61. The second kappa shape index (κ2) is 6.78. The Morgan fingerprint density at radius 2 is 2.29 bits per heavy atom. The van der Waals surface area contributed by atoms with Gasteiger partial charge in [-0.1, -0.05) is 12.1 Å². The van der Waals surface area contributed by atoms with Gasteiger partial charge in [0.05, 0.1) is 18.6 Å². The highest BCUT2D eigenvalue weighted by Crippen LogP contribution is 2.21. The number of aryl methyl sites for hydroxylation is 1.